The topological polar surface area (TPSA) is 87.9 Å². The van der Waals surface area contributed by atoms with Crippen molar-refractivity contribution in [3.8, 4) is 5.75 Å². The molecule has 1 N–H and O–H groups in total. The molecule has 0 radical (unpaired) electrons. The molecule has 3 aromatic rings. The number of hydrogen-bond acceptors (Lipinski definition) is 6. The number of halogens is 2. The van der Waals surface area contributed by atoms with Crippen LogP contribution in [0.3, 0.4) is 0 Å². The lowest BCUT2D eigenvalue weighted by Crippen LogP contribution is -2.46. The van der Waals surface area contributed by atoms with Gasteiger partial charge in [0.2, 0.25) is 0 Å². The molecule has 10 heteroatoms. The number of nitro benzene ring substituents is 1. The maximum absolute atomic E-state index is 12.3. The molecule has 0 unspecified atom stereocenters. The molecule has 182 valence electrons. The van der Waals surface area contributed by atoms with Crippen molar-refractivity contribution in [3.05, 3.63) is 92.5 Å². The molecule has 1 heterocycles. The van der Waals surface area contributed by atoms with Crippen molar-refractivity contribution in [3.63, 3.8) is 0 Å². The lowest BCUT2D eigenvalue weighted by Gasteiger charge is -2.36. The van der Waals surface area contributed by atoms with Gasteiger partial charge in [-0.25, -0.2) is 0 Å². The normalized spacial score (nSPS) is 13.9. The monoisotopic (exact) mass is 514 g/mol. The molecule has 1 amide bonds. The summed E-state index contributed by atoms with van der Waals surface area (Å²) >= 11 is 12.8. The largest absolute Gasteiger partial charge is 0.484 e. The van der Waals surface area contributed by atoms with Gasteiger partial charge in [-0.05, 0) is 42.0 Å². The Morgan fingerprint density at radius 3 is 2.34 bits per heavy atom. The SMILES string of the molecule is O=C(COc1ccc([N+](=O)[O-])cc1)Nc1ccc(N2CCN(Cc3ccccc3Cl)CC2)c(Cl)c1. The number of non-ortho nitro benzene ring substituents is 1. The number of hydrogen-bond donors (Lipinski definition) is 1. The molecular formula is C25H24Cl2N4O4. The van der Waals surface area contributed by atoms with Crippen LogP contribution >= 0.6 is 23.2 Å². The predicted molar refractivity (Wildman–Crippen MR) is 138 cm³/mol. The Labute approximate surface area is 213 Å². The summed E-state index contributed by atoms with van der Waals surface area (Å²) in [7, 11) is 0. The van der Waals surface area contributed by atoms with Gasteiger partial charge in [-0.2, -0.15) is 0 Å². The van der Waals surface area contributed by atoms with E-state index >= 15 is 0 Å². The summed E-state index contributed by atoms with van der Waals surface area (Å²) < 4.78 is 5.40. The maximum atomic E-state index is 12.3. The van der Waals surface area contributed by atoms with Crippen molar-refractivity contribution in [2.75, 3.05) is 43.0 Å². The molecule has 0 aliphatic carbocycles. The standard InChI is InChI=1S/C25H24Cl2N4O4/c26-22-4-2-1-3-18(22)16-29-11-13-30(14-12-29)24-10-5-19(15-23(24)27)28-25(32)17-35-21-8-6-20(7-9-21)31(33)34/h1-10,15H,11-14,16-17H2,(H,28,32). The van der Waals surface area contributed by atoms with Gasteiger partial charge in [0, 0.05) is 55.6 Å². The van der Waals surface area contributed by atoms with Crippen LogP contribution in [0, 0.1) is 10.1 Å². The molecule has 35 heavy (non-hydrogen) atoms. The molecule has 1 aliphatic rings. The van der Waals surface area contributed by atoms with Gasteiger partial charge in [-0.15, -0.1) is 0 Å². The number of carbonyl (C=O) groups excluding carboxylic acids is 1. The van der Waals surface area contributed by atoms with Crippen LogP contribution in [0.1, 0.15) is 5.56 Å². The molecule has 0 atom stereocenters. The number of ether oxygens (including phenoxy) is 1. The van der Waals surface area contributed by atoms with E-state index in [0.717, 1.165) is 49.0 Å². The zero-order valence-electron chi connectivity index (χ0n) is 18.8. The zero-order chi connectivity index (χ0) is 24.8. The second kappa shape index (κ2) is 11.4. The van der Waals surface area contributed by atoms with E-state index < -0.39 is 4.92 Å². The lowest BCUT2D eigenvalue weighted by atomic mass is 10.2. The molecule has 1 aliphatic heterocycles. The van der Waals surface area contributed by atoms with Crippen molar-refractivity contribution < 1.29 is 14.5 Å². The first kappa shape index (κ1) is 24.8. The highest BCUT2D eigenvalue weighted by Crippen LogP contribution is 2.30. The van der Waals surface area contributed by atoms with E-state index in [1.54, 1.807) is 12.1 Å². The Kier molecular flexibility index (Phi) is 8.07. The molecule has 0 saturated carbocycles. The van der Waals surface area contributed by atoms with Crippen LogP contribution in [0.15, 0.2) is 66.7 Å². The van der Waals surface area contributed by atoms with E-state index in [1.807, 2.05) is 24.3 Å². The summed E-state index contributed by atoms with van der Waals surface area (Å²) in [6.07, 6.45) is 0. The van der Waals surface area contributed by atoms with Crippen LogP contribution in [-0.4, -0.2) is 48.5 Å². The van der Waals surface area contributed by atoms with Crippen molar-refractivity contribution in [1.29, 1.82) is 0 Å². The van der Waals surface area contributed by atoms with Crippen LogP contribution in [0.4, 0.5) is 17.1 Å². The van der Waals surface area contributed by atoms with Crippen molar-refractivity contribution in [1.82, 2.24) is 4.90 Å². The number of anilines is 2. The van der Waals surface area contributed by atoms with Crippen molar-refractivity contribution >= 4 is 46.2 Å². The van der Waals surface area contributed by atoms with Gasteiger partial charge >= 0.3 is 0 Å². The third-order valence-electron chi connectivity index (χ3n) is 5.71. The minimum atomic E-state index is -0.495. The van der Waals surface area contributed by atoms with E-state index in [1.165, 1.54) is 24.3 Å². The molecule has 1 fully saturated rings. The van der Waals surface area contributed by atoms with Crippen LogP contribution in [-0.2, 0) is 11.3 Å². The molecule has 0 spiro atoms. The van der Waals surface area contributed by atoms with Crippen molar-refractivity contribution in [2.45, 2.75) is 6.54 Å². The van der Waals surface area contributed by atoms with Gasteiger partial charge in [0.1, 0.15) is 5.75 Å². The number of rotatable bonds is 8. The number of amides is 1. The summed E-state index contributed by atoms with van der Waals surface area (Å²) in [5, 5.41) is 14.8. The number of nitrogens with one attached hydrogen (secondary N) is 1. The third-order valence-corrected chi connectivity index (χ3v) is 6.39. The summed E-state index contributed by atoms with van der Waals surface area (Å²) in [6, 6.07) is 18.9. The van der Waals surface area contributed by atoms with Gasteiger partial charge < -0.3 is 15.0 Å². The average Bonchev–Trinajstić information content (AvgIpc) is 2.85. The third kappa shape index (κ3) is 6.63. The molecule has 4 rings (SSSR count). The van der Waals surface area contributed by atoms with Crippen LogP contribution in [0.5, 0.6) is 5.75 Å². The lowest BCUT2D eigenvalue weighted by molar-refractivity contribution is -0.384. The van der Waals surface area contributed by atoms with E-state index in [2.05, 4.69) is 21.2 Å². The fourth-order valence-electron chi connectivity index (χ4n) is 3.87. The fourth-order valence-corrected chi connectivity index (χ4v) is 4.36. The van der Waals surface area contributed by atoms with Gasteiger partial charge in [0.05, 0.1) is 15.6 Å². The Morgan fingerprint density at radius 1 is 0.971 bits per heavy atom. The van der Waals surface area contributed by atoms with Gasteiger partial charge in [0.25, 0.3) is 11.6 Å². The molecule has 3 aromatic carbocycles. The van der Waals surface area contributed by atoms with Crippen molar-refractivity contribution in [2.24, 2.45) is 0 Å². The highest BCUT2D eigenvalue weighted by atomic mass is 35.5. The minimum Gasteiger partial charge on any atom is -0.484 e. The molecule has 0 bridgehead atoms. The van der Waals surface area contributed by atoms with E-state index in [4.69, 9.17) is 27.9 Å². The first-order valence-electron chi connectivity index (χ1n) is 11.1. The zero-order valence-corrected chi connectivity index (χ0v) is 20.3. The molecule has 1 saturated heterocycles. The second-order valence-corrected chi connectivity index (χ2v) is 8.92. The van der Waals surface area contributed by atoms with Gasteiger partial charge in [-0.1, -0.05) is 41.4 Å². The summed E-state index contributed by atoms with van der Waals surface area (Å²) in [4.78, 5) is 27.1. The number of benzene rings is 3. The highest BCUT2D eigenvalue weighted by molar-refractivity contribution is 6.33. The summed E-state index contributed by atoms with van der Waals surface area (Å²) in [6.45, 7) is 4.02. The number of nitro groups is 1. The Bertz CT molecular complexity index is 1200. The summed E-state index contributed by atoms with van der Waals surface area (Å²) in [5.74, 6) is 0.00756. The van der Waals surface area contributed by atoms with Gasteiger partial charge in [-0.3, -0.25) is 19.8 Å². The Morgan fingerprint density at radius 2 is 1.69 bits per heavy atom. The quantitative estimate of drug-likeness (QED) is 0.326. The Hall–Kier alpha value is -3.33. The average molecular weight is 515 g/mol. The van der Waals surface area contributed by atoms with Crippen LogP contribution in [0.2, 0.25) is 10.0 Å². The number of piperazine rings is 1. The second-order valence-electron chi connectivity index (χ2n) is 8.11. The Balaban J connectivity index is 1.27. The van der Waals surface area contributed by atoms with E-state index in [0.29, 0.717) is 16.5 Å². The van der Waals surface area contributed by atoms with Crippen LogP contribution < -0.4 is 15.0 Å². The molecule has 0 aromatic heterocycles. The van der Waals surface area contributed by atoms with E-state index in [-0.39, 0.29) is 18.2 Å². The smallest absolute Gasteiger partial charge is 0.269 e. The first-order valence-corrected chi connectivity index (χ1v) is 11.8. The predicted octanol–water partition coefficient (Wildman–Crippen LogP) is 5.24. The number of nitrogens with zero attached hydrogens (tertiary/aromatic N) is 3. The van der Waals surface area contributed by atoms with E-state index in [9.17, 15) is 14.9 Å². The van der Waals surface area contributed by atoms with Gasteiger partial charge in [0.15, 0.2) is 6.61 Å². The first-order chi connectivity index (χ1) is 16.9. The molecular weight excluding hydrogens is 491 g/mol. The number of carbonyl (C=O) groups is 1. The minimum absolute atomic E-state index is 0.0430. The van der Waals surface area contributed by atoms with Crippen LogP contribution in [0.25, 0.3) is 0 Å². The maximum Gasteiger partial charge on any atom is 0.269 e. The molecule has 8 nitrogen and oxygen atoms in total. The summed E-state index contributed by atoms with van der Waals surface area (Å²) in [5.41, 5.74) is 2.56. The fraction of sp³-hybridized carbons (Fsp3) is 0.240. The highest BCUT2D eigenvalue weighted by Gasteiger charge is 2.20.